The SMILES string of the molecule is C[C@](F)(C(=O)NC[C@H]1CCCN1)c1cc[c]cc1. The molecule has 4 heteroatoms. The van der Waals surface area contributed by atoms with E-state index in [1.165, 1.54) is 6.92 Å². The van der Waals surface area contributed by atoms with E-state index in [-0.39, 0.29) is 6.04 Å². The fraction of sp³-hybridized carbons (Fsp3) is 0.500. The zero-order valence-electron chi connectivity index (χ0n) is 10.5. The number of carbonyl (C=O) groups excluding carboxylic acids is 1. The van der Waals surface area contributed by atoms with Crippen LogP contribution in [0, 0.1) is 6.07 Å². The van der Waals surface area contributed by atoms with Gasteiger partial charge in [0.1, 0.15) is 0 Å². The molecule has 18 heavy (non-hydrogen) atoms. The maximum atomic E-state index is 14.4. The molecule has 97 valence electrons. The van der Waals surface area contributed by atoms with Gasteiger partial charge in [0.05, 0.1) is 0 Å². The quantitative estimate of drug-likeness (QED) is 0.850. The van der Waals surface area contributed by atoms with Crippen LogP contribution in [0.4, 0.5) is 4.39 Å². The molecule has 2 atom stereocenters. The third-order valence-corrected chi connectivity index (χ3v) is 3.36. The zero-order valence-corrected chi connectivity index (χ0v) is 10.5. The van der Waals surface area contributed by atoms with Gasteiger partial charge in [-0.25, -0.2) is 4.39 Å². The fourth-order valence-corrected chi connectivity index (χ4v) is 2.14. The smallest absolute Gasteiger partial charge is 0.262 e. The Morgan fingerprint density at radius 1 is 1.61 bits per heavy atom. The second kappa shape index (κ2) is 5.48. The first-order chi connectivity index (χ1) is 8.60. The third-order valence-electron chi connectivity index (χ3n) is 3.36. The highest BCUT2D eigenvalue weighted by molar-refractivity contribution is 5.86. The van der Waals surface area contributed by atoms with E-state index in [2.05, 4.69) is 16.7 Å². The highest BCUT2D eigenvalue weighted by Crippen LogP contribution is 2.25. The monoisotopic (exact) mass is 249 g/mol. The number of benzene rings is 1. The predicted octanol–water partition coefficient (Wildman–Crippen LogP) is 1.54. The van der Waals surface area contributed by atoms with Crippen molar-refractivity contribution in [1.82, 2.24) is 10.6 Å². The zero-order chi connectivity index (χ0) is 13.0. The lowest BCUT2D eigenvalue weighted by atomic mass is 9.97. The molecule has 0 spiro atoms. The van der Waals surface area contributed by atoms with Crippen molar-refractivity contribution in [2.75, 3.05) is 13.1 Å². The lowest BCUT2D eigenvalue weighted by Gasteiger charge is -2.21. The summed E-state index contributed by atoms with van der Waals surface area (Å²) in [6, 6.07) is 9.46. The predicted molar refractivity (Wildman–Crippen MR) is 67.8 cm³/mol. The van der Waals surface area contributed by atoms with Crippen molar-refractivity contribution in [2.45, 2.75) is 31.5 Å². The number of rotatable bonds is 4. The molecule has 1 aliphatic rings. The lowest BCUT2D eigenvalue weighted by Crippen LogP contribution is -2.44. The minimum Gasteiger partial charge on any atom is -0.351 e. The van der Waals surface area contributed by atoms with Crippen LogP contribution < -0.4 is 10.6 Å². The summed E-state index contributed by atoms with van der Waals surface area (Å²) in [5.74, 6) is -0.581. The van der Waals surface area contributed by atoms with E-state index in [1.54, 1.807) is 24.3 Å². The molecule has 1 saturated heterocycles. The summed E-state index contributed by atoms with van der Waals surface area (Å²) in [6.07, 6.45) is 2.14. The fourth-order valence-electron chi connectivity index (χ4n) is 2.14. The summed E-state index contributed by atoms with van der Waals surface area (Å²) in [7, 11) is 0. The summed E-state index contributed by atoms with van der Waals surface area (Å²) >= 11 is 0. The van der Waals surface area contributed by atoms with E-state index in [4.69, 9.17) is 0 Å². The minimum absolute atomic E-state index is 0.272. The second-order valence-corrected chi connectivity index (χ2v) is 4.79. The Balaban J connectivity index is 1.94. The minimum atomic E-state index is -1.99. The summed E-state index contributed by atoms with van der Waals surface area (Å²) in [5.41, 5.74) is -1.63. The van der Waals surface area contributed by atoms with Crippen LogP contribution in [-0.2, 0) is 10.5 Å². The van der Waals surface area contributed by atoms with Gasteiger partial charge in [0.15, 0.2) is 0 Å². The Kier molecular flexibility index (Phi) is 3.97. The van der Waals surface area contributed by atoms with Crippen LogP contribution in [0.2, 0.25) is 0 Å². The number of carbonyl (C=O) groups is 1. The number of nitrogens with one attached hydrogen (secondary N) is 2. The van der Waals surface area contributed by atoms with Crippen LogP contribution in [0.3, 0.4) is 0 Å². The Labute approximate surface area is 107 Å². The van der Waals surface area contributed by atoms with Gasteiger partial charge in [0.2, 0.25) is 5.67 Å². The van der Waals surface area contributed by atoms with Crippen molar-refractivity contribution in [1.29, 1.82) is 0 Å². The molecule has 1 heterocycles. The molecule has 2 N–H and O–H groups in total. The van der Waals surface area contributed by atoms with Crippen LogP contribution in [0.25, 0.3) is 0 Å². The maximum absolute atomic E-state index is 14.4. The van der Waals surface area contributed by atoms with Gasteiger partial charge in [-0.3, -0.25) is 4.79 Å². The van der Waals surface area contributed by atoms with Gasteiger partial charge in [0, 0.05) is 12.6 Å². The topological polar surface area (TPSA) is 41.1 Å². The highest BCUT2D eigenvalue weighted by Gasteiger charge is 2.35. The molecule has 1 aromatic carbocycles. The molecule has 1 aromatic rings. The molecule has 0 bridgehead atoms. The Hall–Kier alpha value is -1.42. The van der Waals surface area contributed by atoms with Crippen molar-refractivity contribution in [3.63, 3.8) is 0 Å². The standard InChI is InChI=1S/C14H18FN2O/c1-14(15,11-6-3-2-4-7-11)13(18)17-10-12-8-5-9-16-12/h3-4,6-7,12,16H,5,8-10H2,1H3,(H,17,18)/t12-,14-/m1/s1. The molecule has 1 fully saturated rings. The Morgan fingerprint density at radius 2 is 2.33 bits per heavy atom. The van der Waals surface area contributed by atoms with Crippen molar-refractivity contribution in [2.24, 2.45) is 0 Å². The summed E-state index contributed by atoms with van der Waals surface area (Å²) < 4.78 is 14.4. The number of amides is 1. The third kappa shape index (κ3) is 2.88. The molecule has 1 amide bonds. The number of hydrogen-bond donors (Lipinski definition) is 2. The van der Waals surface area contributed by atoms with Gasteiger partial charge < -0.3 is 10.6 Å². The molecule has 2 rings (SSSR count). The number of hydrogen-bond acceptors (Lipinski definition) is 2. The van der Waals surface area contributed by atoms with Gasteiger partial charge in [-0.15, -0.1) is 0 Å². The normalized spacial score (nSPS) is 22.4. The van der Waals surface area contributed by atoms with Gasteiger partial charge in [0.25, 0.3) is 5.91 Å². The number of alkyl halides is 1. The van der Waals surface area contributed by atoms with Crippen LogP contribution >= 0.6 is 0 Å². The van der Waals surface area contributed by atoms with E-state index in [0.717, 1.165) is 19.4 Å². The first kappa shape index (κ1) is 13.0. The highest BCUT2D eigenvalue weighted by atomic mass is 19.1. The summed E-state index contributed by atoms with van der Waals surface area (Å²) in [6.45, 7) is 2.75. The van der Waals surface area contributed by atoms with Gasteiger partial charge in [-0.2, -0.15) is 0 Å². The Bertz CT molecular complexity index is 400. The van der Waals surface area contributed by atoms with E-state index in [0.29, 0.717) is 12.1 Å². The molecule has 1 aliphatic heterocycles. The van der Waals surface area contributed by atoms with Crippen molar-refractivity contribution in [3.8, 4) is 0 Å². The largest absolute Gasteiger partial charge is 0.351 e. The van der Waals surface area contributed by atoms with Crippen LogP contribution in [0.5, 0.6) is 0 Å². The molecule has 0 saturated carbocycles. The molecule has 0 aliphatic carbocycles. The molecule has 3 nitrogen and oxygen atoms in total. The van der Waals surface area contributed by atoms with Crippen LogP contribution in [0.1, 0.15) is 25.3 Å². The van der Waals surface area contributed by atoms with Crippen LogP contribution in [-0.4, -0.2) is 25.0 Å². The molecular formula is C14H18FN2O. The summed E-state index contributed by atoms with van der Waals surface area (Å²) in [5, 5.41) is 5.94. The van der Waals surface area contributed by atoms with E-state index < -0.39 is 11.6 Å². The second-order valence-electron chi connectivity index (χ2n) is 4.79. The van der Waals surface area contributed by atoms with Gasteiger partial charge in [-0.05, 0) is 37.9 Å². The molecular weight excluding hydrogens is 231 g/mol. The van der Waals surface area contributed by atoms with Crippen molar-refractivity contribution < 1.29 is 9.18 Å². The first-order valence-corrected chi connectivity index (χ1v) is 6.28. The molecule has 1 radical (unpaired) electrons. The summed E-state index contributed by atoms with van der Waals surface area (Å²) in [4.78, 5) is 11.9. The van der Waals surface area contributed by atoms with Crippen molar-refractivity contribution in [3.05, 3.63) is 35.9 Å². The van der Waals surface area contributed by atoms with Crippen LogP contribution in [0.15, 0.2) is 24.3 Å². The first-order valence-electron chi connectivity index (χ1n) is 6.28. The van der Waals surface area contributed by atoms with Gasteiger partial charge in [-0.1, -0.05) is 24.3 Å². The average molecular weight is 249 g/mol. The van der Waals surface area contributed by atoms with E-state index in [9.17, 15) is 9.18 Å². The maximum Gasteiger partial charge on any atom is 0.262 e. The van der Waals surface area contributed by atoms with Gasteiger partial charge >= 0.3 is 0 Å². The molecule has 0 unspecified atom stereocenters. The lowest BCUT2D eigenvalue weighted by molar-refractivity contribution is -0.132. The molecule has 0 aromatic heterocycles. The average Bonchev–Trinajstić information content (AvgIpc) is 2.90. The van der Waals surface area contributed by atoms with Crippen molar-refractivity contribution >= 4 is 5.91 Å². The van der Waals surface area contributed by atoms with E-state index >= 15 is 0 Å². The Morgan fingerprint density at radius 3 is 2.94 bits per heavy atom. The number of halogens is 1. The van der Waals surface area contributed by atoms with E-state index in [1.807, 2.05) is 0 Å².